The number of ether oxygens (including phenoxy) is 1. The molecular weight excluding hydrogens is 498 g/mol. The number of hydrogen-bond acceptors (Lipinski definition) is 6. The van der Waals surface area contributed by atoms with E-state index in [1.165, 1.54) is 10.6 Å². The van der Waals surface area contributed by atoms with E-state index in [1.54, 1.807) is 24.3 Å². The minimum atomic E-state index is -0.531. The maximum absolute atomic E-state index is 12.7. The van der Waals surface area contributed by atoms with E-state index in [0.29, 0.717) is 33.2 Å². The molecule has 36 heavy (non-hydrogen) atoms. The summed E-state index contributed by atoms with van der Waals surface area (Å²) in [5, 5.41) is 15.5. The fourth-order valence-electron chi connectivity index (χ4n) is 4.05. The molecule has 5 rings (SSSR count). The van der Waals surface area contributed by atoms with Gasteiger partial charge in [0.2, 0.25) is 11.1 Å². The number of hydrazone groups is 1. The van der Waals surface area contributed by atoms with Crippen LogP contribution in [-0.2, 0) is 16.2 Å². The zero-order valence-electron chi connectivity index (χ0n) is 19.7. The second-order valence-electron chi connectivity index (χ2n) is 8.74. The summed E-state index contributed by atoms with van der Waals surface area (Å²) >= 11 is 7.59. The molecule has 0 aromatic heterocycles. The van der Waals surface area contributed by atoms with Crippen molar-refractivity contribution in [2.24, 2.45) is 10.1 Å². The van der Waals surface area contributed by atoms with Crippen molar-refractivity contribution < 1.29 is 14.3 Å². The number of benzene rings is 2. The van der Waals surface area contributed by atoms with E-state index in [9.17, 15) is 9.59 Å². The lowest BCUT2D eigenvalue weighted by Gasteiger charge is -2.20. The molecule has 0 radical (unpaired) electrons. The number of aliphatic imine (C=N–C) groups is 1. The normalized spacial score (nSPS) is 18.4. The molecule has 0 aliphatic carbocycles. The van der Waals surface area contributed by atoms with Crippen molar-refractivity contribution in [1.82, 2.24) is 9.91 Å². The van der Waals surface area contributed by atoms with Gasteiger partial charge in [0.1, 0.15) is 17.4 Å². The van der Waals surface area contributed by atoms with Crippen molar-refractivity contribution in [3.8, 4) is 5.75 Å². The van der Waals surface area contributed by atoms with Crippen LogP contribution >= 0.6 is 23.4 Å². The summed E-state index contributed by atoms with van der Waals surface area (Å²) in [7, 11) is 0. The van der Waals surface area contributed by atoms with Gasteiger partial charge in [-0.2, -0.15) is 15.1 Å². The Labute approximate surface area is 218 Å². The van der Waals surface area contributed by atoms with Crippen molar-refractivity contribution in [2.45, 2.75) is 32.8 Å². The maximum Gasteiger partial charge on any atom is 0.283 e. The molecule has 0 saturated carbocycles. The molecule has 2 aromatic rings. The first-order valence-electron chi connectivity index (χ1n) is 11.6. The molecule has 1 N–H and O–H groups in total. The third kappa shape index (κ3) is 5.22. The first-order chi connectivity index (χ1) is 17.4. The number of rotatable bonds is 6. The van der Waals surface area contributed by atoms with Crippen LogP contribution in [0, 0.1) is 12.3 Å². The number of amidine groups is 2. The number of aryl methyl sites for hydroxylation is 1. The number of carbonyl (C=O) groups is 2. The quantitative estimate of drug-likeness (QED) is 0.547. The fraction of sp³-hybridized carbons (Fsp3) is 0.269. The predicted octanol–water partition coefficient (Wildman–Crippen LogP) is 4.86. The number of amides is 2. The van der Waals surface area contributed by atoms with Crippen LogP contribution in [0.15, 0.2) is 58.1 Å². The van der Waals surface area contributed by atoms with Crippen LogP contribution in [0.25, 0.3) is 6.08 Å². The Morgan fingerprint density at radius 3 is 2.67 bits per heavy atom. The molecule has 1 fully saturated rings. The molecule has 3 aliphatic heterocycles. The predicted molar refractivity (Wildman–Crippen MR) is 142 cm³/mol. The topological polar surface area (TPSA) is 98.4 Å². The Morgan fingerprint density at radius 2 is 1.94 bits per heavy atom. The monoisotopic (exact) mass is 521 g/mol. The molecule has 2 amide bonds. The highest BCUT2D eigenvalue weighted by Crippen LogP contribution is 2.31. The van der Waals surface area contributed by atoms with Gasteiger partial charge in [-0.3, -0.25) is 15.0 Å². The summed E-state index contributed by atoms with van der Waals surface area (Å²) in [5.74, 6) is -0.0846. The largest absolute Gasteiger partial charge is 0.487 e. The van der Waals surface area contributed by atoms with Crippen molar-refractivity contribution in [3.05, 3.63) is 69.8 Å². The van der Waals surface area contributed by atoms with E-state index in [1.807, 2.05) is 36.1 Å². The fourth-order valence-corrected chi connectivity index (χ4v) is 5.17. The van der Waals surface area contributed by atoms with Gasteiger partial charge in [0.25, 0.3) is 5.91 Å². The molecule has 184 valence electrons. The van der Waals surface area contributed by atoms with Gasteiger partial charge in [-0.1, -0.05) is 47.5 Å². The van der Waals surface area contributed by atoms with Crippen molar-refractivity contribution in [3.63, 3.8) is 0 Å². The second kappa shape index (κ2) is 10.3. The van der Waals surface area contributed by atoms with Crippen LogP contribution in [0.1, 0.15) is 36.0 Å². The average molecular weight is 522 g/mol. The lowest BCUT2D eigenvalue weighted by atomic mass is 10.1. The van der Waals surface area contributed by atoms with Crippen molar-refractivity contribution in [1.29, 1.82) is 5.41 Å². The number of hydrogen-bond donors (Lipinski definition) is 1. The second-order valence-corrected chi connectivity index (χ2v) is 10.2. The molecule has 0 unspecified atom stereocenters. The highest BCUT2D eigenvalue weighted by atomic mass is 35.5. The molecule has 0 bridgehead atoms. The summed E-state index contributed by atoms with van der Waals surface area (Å²) in [4.78, 5) is 31.1. The first kappa shape index (κ1) is 24.3. The molecule has 10 heteroatoms. The van der Waals surface area contributed by atoms with Gasteiger partial charge in [-0.15, -0.1) is 0 Å². The summed E-state index contributed by atoms with van der Waals surface area (Å²) in [6.07, 6.45) is 3.73. The number of likely N-dealkylation sites (tertiary alicyclic amines) is 1. The third-order valence-corrected chi connectivity index (χ3v) is 7.24. The third-order valence-electron chi connectivity index (χ3n) is 6.04. The summed E-state index contributed by atoms with van der Waals surface area (Å²) in [5.41, 5.74) is 2.94. The molecule has 3 heterocycles. The minimum Gasteiger partial charge on any atom is -0.487 e. The Kier molecular flexibility index (Phi) is 6.93. The van der Waals surface area contributed by atoms with Crippen LogP contribution in [0.2, 0.25) is 5.02 Å². The number of fused-ring (bicyclic) bond motifs is 1. The molecule has 3 aliphatic rings. The smallest absolute Gasteiger partial charge is 0.283 e. The lowest BCUT2D eigenvalue weighted by molar-refractivity contribution is -0.128. The van der Waals surface area contributed by atoms with Gasteiger partial charge in [0.05, 0.1) is 17.0 Å². The van der Waals surface area contributed by atoms with Crippen LogP contribution in [0.4, 0.5) is 0 Å². The summed E-state index contributed by atoms with van der Waals surface area (Å²) < 4.78 is 5.84. The SMILES string of the molecule is Cc1ccc(COc2ccc(C=C3C(=N)N4N=C(CC(=O)N5CCCC5)SC4=NC3=O)cc2Cl)cc1. The van der Waals surface area contributed by atoms with Gasteiger partial charge < -0.3 is 9.64 Å². The van der Waals surface area contributed by atoms with Gasteiger partial charge in [-0.25, -0.2) is 0 Å². The summed E-state index contributed by atoms with van der Waals surface area (Å²) in [6.45, 7) is 3.94. The highest BCUT2D eigenvalue weighted by Gasteiger charge is 2.36. The van der Waals surface area contributed by atoms with Gasteiger partial charge in [0.15, 0.2) is 5.84 Å². The minimum absolute atomic E-state index is 0.00662. The molecule has 0 atom stereocenters. The van der Waals surface area contributed by atoms with Gasteiger partial charge in [0, 0.05) is 13.1 Å². The number of nitrogens with one attached hydrogen (secondary N) is 1. The molecular formula is C26H24ClN5O3S. The maximum atomic E-state index is 12.7. The average Bonchev–Trinajstić information content (AvgIpc) is 3.53. The number of carbonyl (C=O) groups excluding carboxylic acids is 2. The molecule has 2 aromatic carbocycles. The van der Waals surface area contributed by atoms with E-state index in [4.69, 9.17) is 21.7 Å². The molecule has 0 spiro atoms. The first-order valence-corrected chi connectivity index (χ1v) is 12.8. The van der Waals surface area contributed by atoms with Gasteiger partial charge >= 0.3 is 0 Å². The zero-order valence-corrected chi connectivity index (χ0v) is 21.2. The Morgan fingerprint density at radius 1 is 1.19 bits per heavy atom. The van der Waals surface area contributed by atoms with Crippen LogP contribution in [-0.4, -0.2) is 50.9 Å². The van der Waals surface area contributed by atoms with E-state index < -0.39 is 5.91 Å². The van der Waals surface area contributed by atoms with Gasteiger partial charge in [-0.05, 0) is 60.9 Å². The number of thioether (sulfide) groups is 1. The number of halogens is 1. The van der Waals surface area contributed by atoms with Crippen LogP contribution in [0.3, 0.4) is 0 Å². The standard InChI is InChI=1S/C26H24ClN5O3S/c1-16-4-6-17(7-5-16)15-35-21-9-8-18(13-20(21)27)12-19-24(28)32-26(29-25(19)34)36-22(30-32)14-23(33)31-10-2-3-11-31/h4-9,12-13,28H,2-3,10-11,14-15H2,1H3. The molecule has 8 nitrogen and oxygen atoms in total. The molecule has 1 saturated heterocycles. The Hall–Kier alpha value is -3.43. The lowest BCUT2D eigenvalue weighted by Crippen LogP contribution is -2.35. The van der Waals surface area contributed by atoms with Crippen molar-refractivity contribution in [2.75, 3.05) is 13.1 Å². The van der Waals surface area contributed by atoms with Crippen LogP contribution in [0.5, 0.6) is 5.75 Å². The zero-order chi connectivity index (χ0) is 25.2. The van der Waals surface area contributed by atoms with Crippen LogP contribution < -0.4 is 4.74 Å². The summed E-state index contributed by atoms with van der Waals surface area (Å²) in [6, 6.07) is 13.2. The van der Waals surface area contributed by atoms with E-state index >= 15 is 0 Å². The highest BCUT2D eigenvalue weighted by molar-refractivity contribution is 8.27. The Balaban J connectivity index is 1.28. The van der Waals surface area contributed by atoms with E-state index in [0.717, 1.165) is 43.3 Å². The number of nitrogens with zero attached hydrogens (tertiary/aromatic N) is 4. The van der Waals surface area contributed by atoms with E-state index in [-0.39, 0.29) is 23.7 Å². The van der Waals surface area contributed by atoms with E-state index in [2.05, 4.69) is 10.1 Å². The Bertz CT molecular complexity index is 1330. The van der Waals surface area contributed by atoms with Crippen molar-refractivity contribution >= 4 is 57.3 Å².